The summed E-state index contributed by atoms with van der Waals surface area (Å²) in [7, 11) is 0. The second-order valence-electron chi connectivity index (χ2n) is 6.94. The predicted molar refractivity (Wildman–Crippen MR) is 74.0 cm³/mol. The number of nitrogens with zero attached hydrogens (tertiary/aromatic N) is 2. The van der Waals surface area contributed by atoms with Crippen LogP contribution in [-0.2, 0) is 5.41 Å². The van der Waals surface area contributed by atoms with Gasteiger partial charge >= 0.3 is 0 Å². The van der Waals surface area contributed by atoms with Crippen molar-refractivity contribution in [1.29, 1.82) is 0 Å². The van der Waals surface area contributed by atoms with Crippen LogP contribution in [-0.4, -0.2) is 10.1 Å². The topological polar surface area (TPSA) is 64.9 Å². The lowest BCUT2D eigenvalue weighted by Gasteiger charge is -2.55. The van der Waals surface area contributed by atoms with Crippen LogP contribution in [0.4, 0.5) is 0 Å². The molecular formula is C14H22ClN3O. The first-order valence-corrected chi connectivity index (χ1v) is 7.24. The Balaban J connectivity index is 0.00000110. The molecule has 1 aromatic rings. The molecule has 1 unspecified atom stereocenters. The highest BCUT2D eigenvalue weighted by Gasteiger charge is 2.53. The average molecular weight is 284 g/mol. The Kier molecular flexibility index (Phi) is 3.13. The summed E-state index contributed by atoms with van der Waals surface area (Å²) in [5.41, 5.74) is 6.05. The van der Waals surface area contributed by atoms with E-state index in [4.69, 9.17) is 10.3 Å². The molecule has 1 aromatic heterocycles. The number of rotatable bonds is 2. The van der Waals surface area contributed by atoms with E-state index >= 15 is 0 Å². The van der Waals surface area contributed by atoms with Gasteiger partial charge in [0.25, 0.3) is 0 Å². The normalized spacial score (nSPS) is 41.1. The number of hydrogen-bond acceptors (Lipinski definition) is 4. The van der Waals surface area contributed by atoms with Crippen LogP contribution < -0.4 is 5.73 Å². The van der Waals surface area contributed by atoms with Gasteiger partial charge in [-0.1, -0.05) is 5.16 Å². The highest BCUT2D eigenvalue weighted by atomic mass is 35.5. The maximum absolute atomic E-state index is 5.82. The van der Waals surface area contributed by atoms with Gasteiger partial charge in [0.15, 0.2) is 5.82 Å². The molecular weight excluding hydrogens is 262 g/mol. The lowest BCUT2D eigenvalue weighted by Crippen LogP contribution is -2.49. The van der Waals surface area contributed by atoms with Gasteiger partial charge in [0.05, 0.1) is 6.04 Å². The lowest BCUT2D eigenvalue weighted by atomic mass is 9.49. The Labute approximate surface area is 119 Å². The van der Waals surface area contributed by atoms with Gasteiger partial charge in [-0.05, 0) is 63.2 Å². The Morgan fingerprint density at radius 1 is 1.16 bits per heavy atom. The number of halogens is 1. The highest BCUT2D eigenvalue weighted by Crippen LogP contribution is 2.60. The van der Waals surface area contributed by atoms with Crippen molar-refractivity contribution < 1.29 is 4.52 Å². The molecule has 4 fully saturated rings. The van der Waals surface area contributed by atoms with Gasteiger partial charge in [0, 0.05) is 5.41 Å². The summed E-state index contributed by atoms with van der Waals surface area (Å²) >= 11 is 0. The van der Waals surface area contributed by atoms with Crippen molar-refractivity contribution >= 4 is 12.4 Å². The molecule has 0 saturated heterocycles. The van der Waals surface area contributed by atoms with Crippen LogP contribution in [0.1, 0.15) is 63.2 Å². The third kappa shape index (κ3) is 2.00. The summed E-state index contributed by atoms with van der Waals surface area (Å²) < 4.78 is 5.33. The van der Waals surface area contributed by atoms with Gasteiger partial charge in [-0.2, -0.15) is 4.98 Å². The molecule has 0 aliphatic heterocycles. The maximum atomic E-state index is 5.82. The summed E-state index contributed by atoms with van der Waals surface area (Å²) in [6.45, 7) is 1.90. The summed E-state index contributed by atoms with van der Waals surface area (Å²) in [4.78, 5) is 4.60. The maximum Gasteiger partial charge on any atom is 0.243 e. The van der Waals surface area contributed by atoms with Gasteiger partial charge < -0.3 is 10.3 Å². The molecule has 4 bridgehead atoms. The van der Waals surface area contributed by atoms with Crippen molar-refractivity contribution in [2.75, 3.05) is 0 Å². The van der Waals surface area contributed by atoms with Gasteiger partial charge in [-0.25, -0.2) is 0 Å². The molecule has 5 heteroatoms. The number of nitrogens with two attached hydrogens (primary N) is 1. The zero-order valence-corrected chi connectivity index (χ0v) is 12.2. The molecule has 0 amide bonds. The molecule has 0 spiro atoms. The SMILES string of the molecule is CC(N)c1nc(C23CC4CC(CC(C4)C2)C3)no1.Cl. The summed E-state index contributed by atoms with van der Waals surface area (Å²) in [5, 5.41) is 4.26. The molecule has 0 radical (unpaired) electrons. The van der Waals surface area contributed by atoms with Gasteiger partial charge in [0.2, 0.25) is 5.89 Å². The standard InChI is InChI=1S/C14H21N3O.ClH/c1-8(15)12-16-13(17-18-12)14-5-9-2-10(6-14)4-11(3-9)7-14;/h8-11H,2-7,15H2,1H3;1H. The second kappa shape index (κ2) is 4.45. The predicted octanol–water partition coefficient (Wildman–Crippen LogP) is 2.98. The minimum atomic E-state index is -0.153. The van der Waals surface area contributed by atoms with E-state index in [1.165, 1.54) is 38.5 Å². The van der Waals surface area contributed by atoms with Gasteiger partial charge in [0.1, 0.15) is 0 Å². The number of hydrogen-bond donors (Lipinski definition) is 1. The molecule has 4 saturated carbocycles. The van der Waals surface area contributed by atoms with E-state index in [2.05, 4.69) is 10.1 Å². The first kappa shape index (κ1) is 13.4. The Bertz CT molecular complexity index is 436. The fourth-order valence-electron chi connectivity index (χ4n) is 5.02. The van der Waals surface area contributed by atoms with Crippen LogP contribution in [0.3, 0.4) is 0 Å². The molecule has 19 heavy (non-hydrogen) atoms. The fraction of sp³-hybridized carbons (Fsp3) is 0.857. The number of aromatic nitrogens is 2. The Morgan fingerprint density at radius 2 is 1.68 bits per heavy atom. The first-order chi connectivity index (χ1) is 8.64. The molecule has 0 aromatic carbocycles. The third-order valence-electron chi connectivity index (χ3n) is 5.34. The van der Waals surface area contributed by atoms with Crippen molar-refractivity contribution in [3.8, 4) is 0 Å². The minimum absolute atomic E-state index is 0. The van der Waals surface area contributed by atoms with Crippen LogP contribution in [0.2, 0.25) is 0 Å². The summed E-state index contributed by atoms with van der Waals surface area (Å²) in [5.74, 6) is 4.28. The van der Waals surface area contributed by atoms with Gasteiger partial charge in [-0.15, -0.1) is 12.4 Å². The van der Waals surface area contributed by atoms with E-state index < -0.39 is 0 Å². The van der Waals surface area contributed by atoms with Crippen LogP contribution in [0.15, 0.2) is 4.52 Å². The van der Waals surface area contributed by atoms with E-state index in [1.54, 1.807) is 0 Å². The van der Waals surface area contributed by atoms with Crippen LogP contribution >= 0.6 is 12.4 Å². The zero-order chi connectivity index (χ0) is 12.3. The Morgan fingerprint density at radius 3 is 2.11 bits per heavy atom. The molecule has 1 atom stereocenters. The van der Waals surface area contributed by atoms with E-state index in [0.29, 0.717) is 5.89 Å². The van der Waals surface area contributed by atoms with E-state index in [0.717, 1.165) is 23.6 Å². The quantitative estimate of drug-likeness (QED) is 0.906. The summed E-state index contributed by atoms with van der Waals surface area (Å²) in [6.07, 6.45) is 8.15. The molecule has 4 aliphatic carbocycles. The van der Waals surface area contributed by atoms with E-state index in [1.807, 2.05) is 6.92 Å². The minimum Gasteiger partial charge on any atom is -0.338 e. The second-order valence-corrected chi connectivity index (χ2v) is 6.94. The molecule has 106 valence electrons. The van der Waals surface area contributed by atoms with Crippen molar-refractivity contribution in [2.24, 2.45) is 23.5 Å². The highest BCUT2D eigenvalue weighted by molar-refractivity contribution is 5.85. The molecule has 4 aliphatic rings. The van der Waals surface area contributed by atoms with Crippen molar-refractivity contribution in [1.82, 2.24) is 10.1 Å². The smallest absolute Gasteiger partial charge is 0.243 e. The molecule has 1 heterocycles. The largest absolute Gasteiger partial charge is 0.338 e. The lowest BCUT2D eigenvalue weighted by molar-refractivity contribution is -0.0103. The molecule has 5 rings (SSSR count). The molecule has 4 nitrogen and oxygen atoms in total. The monoisotopic (exact) mass is 283 g/mol. The van der Waals surface area contributed by atoms with Crippen molar-refractivity contribution in [2.45, 2.75) is 56.9 Å². The van der Waals surface area contributed by atoms with E-state index in [9.17, 15) is 0 Å². The zero-order valence-electron chi connectivity index (χ0n) is 11.3. The van der Waals surface area contributed by atoms with Crippen molar-refractivity contribution in [3.05, 3.63) is 11.7 Å². The summed E-state index contributed by atoms with van der Waals surface area (Å²) in [6, 6.07) is -0.153. The fourth-order valence-corrected chi connectivity index (χ4v) is 5.02. The van der Waals surface area contributed by atoms with Crippen LogP contribution in [0.5, 0.6) is 0 Å². The van der Waals surface area contributed by atoms with Crippen LogP contribution in [0, 0.1) is 17.8 Å². The van der Waals surface area contributed by atoms with E-state index in [-0.39, 0.29) is 23.9 Å². The molecule has 2 N–H and O–H groups in total. The first-order valence-electron chi connectivity index (χ1n) is 7.24. The van der Waals surface area contributed by atoms with Gasteiger partial charge in [-0.3, -0.25) is 0 Å². The average Bonchev–Trinajstić information content (AvgIpc) is 2.76. The third-order valence-corrected chi connectivity index (χ3v) is 5.34. The Hall–Kier alpha value is -0.610. The van der Waals surface area contributed by atoms with Crippen molar-refractivity contribution in [3.63, 3.8) is 0 Å². The van der Waals surface area contributed by atoms with Crippen LogP contribution in [0.25, 0.3) is 0 Å².